The average Bonchev–Trinajstić information content (AvgIpc) is 2.52. The first-order valence-corrected chi connectivity index (χ1v) is 9.23. The minimum absolute atomic E-state index is 0.0403. The Morgan fingerprint density at radius 3 is 2.38 bits per heavy atom. The van der Waals surface area contributed by atoms with Crippen LogP contribution in [0.25, 0.3) is 0 Å². The molecule has 7 nitrogen and oxygen atoms in total. The quantitative estimate of drug-likeness (QED) is 0.296. The van der Waals surface area contributed by atoms with Crippen molar-refractivity contribution >= 4 is 22.1 Å². The molecule has 1 unspecified atom stereocenters. The zero-order valence-corrected chi connectivity index (χ0v) is 14.3. The van der Waals surface area contributed by atoms with E-state index >= 15 is 0 Å². The minimum atomic E-state index is -4.77. The van der Waals surface area contributed by atoms with E-state index in [-0.39, 0.29) is 12.4 Å². The monoisotopic (exact) mass is 358 g/mol. The molecule has 0 fully saturated rings. The lowest BCUT2D eigenvalue weighted by Gasteiger charge is -2.13. The molecule has 1 N–H and O–H groups in total. The minimum Gasteiger partial charge on any atom is -0.465 e. The van der Waals surface area contributed by atoms with Gasteiger partial charge in [-0.3, -0.25) is 14.1 Å². The smallest absolute Gasteiger partial charge is 0.327 e. The SMILES string of the molecule is CCCCCCOC(=O)C(CC(=O)Oc1ccccc1)S(=O)(=O)O. The fraction of sp³-hybridized carbons (Fsp3) is 0.500. The molecule has 1 aromatic rings. The third kappa shape index (κ3) is 7.56. The largest absolute Gasteiger partial charge is 0.465 e. The number of ether oxygens (including phenoxy) is 2. The number of carbonyl (C=O) groups is 2. The summed E-state index contributed by atoms with van der Waals surface area (Å²) in [5.74, 6) is -1.89. The number of unbranched alkanes of at least 4 members (excludes halogenated alkanes) is 3. The van der Waals surface area contributed by atoms with Crippen molar-refractivity contribution in [3.05, 3.63) is 30.3 Å². The first-order valence-electron chi connectivity index (χ1n) is 7.73. The van der Waals surface area contributed by atoms with Crippen LogP contribution in [0.15, 0.2) is 30.3 Å². The maximum Gasteiger partial charge on any atom is 0.327 e. The Balaban J connectivity index is 2.59. The number of carbonyl (C=O) groups excluding carboxylic acids is 2. The molecule has 134 valence electrons. The summed E-state index contributed by atoms with van der Waals surface area (Å²) in [6.07, 6.45) is 2.60. The molecule has 0 aromatic heterocycles. The summed E-state index contributed by atoms with van der Waals surface area (Å²) in [5, 5.41) is -1.99. The fourth-order valence-corrected chi connectivity index (χ4v) is 2.58. The second-order valence-corrected chi connectivity index (χ2v) is 6.82. The van der Waals surface area contributed by atoms with Gasteiger partial charge < -0.3 is 9.47 Å². The van der Waals surface area contributed by atoms with Crippen LogP contribution in [-0.4, -0.2) is 36.8 Å². The van der Waals surface area contributed by atoms with Crippen LogP contribution in [0.1, 0.15) is 39.0 Å². The molecule has 24 heavy (non-hydrogen) atoms. The fourth-order valence-electron chi connectivity index (χ4n) is 1.92. The lowest BCUT2D eigenvalue weighted by molar-refractivity contribution is -0.146. The van der Waals surface area contributed by atoms with Gasteiger partial charge in [-0.2, -0.15) is 8.42 Å². The van der Waals surface area contributed by atoms with E-state index in [0.717, 1.165) is 19.3 Å². The summed E-state index contributed by atoms with van der Waals surface area (Å²) in [7, 11) is -4.77. The highest BCUT2D eigenvalue weighted by atomic mass is 32.2. The molecular formula is C16H22O7S. The second-order valence-electron chi connectivity index (χ2n) is 5.22. The molecule has 8 heteroatoms. The number of benzene rings is 1. The van der Waals surface area contributed by atoms with Crippen LogP contribution in [0.5, 0.6) is 5.75 Å². The topological polar surface area (TPSA) is 107 Å². The van der Waals surface area contributed by atoms with E-state index in [0.29, 0.717) is 6.42 Å². The van der Waals surface area contributed by atoms with Crippen molar-refractivity contribution < 1.29 is 32.0 Å². The van der Waals surface area contributed by atoms with Gasteiger partial charge in [-0.1, -0.05) is 44.4 Å². The summed E-state index contributed by atoms with van der Waals surface area (Å²) in [6, 6.07) is 7.99. The lowest BCUT2D eigenvalue weighted by atomic mass is 10.2. The zero-order chi connectivity index (χ0) is 18.0. The molecule has 0 heterocycles. The highest BCUT2D eigenvalue weighted by Gasteiger charge is 2.35. The summed E-state index contributed by atoms with van der Waals surface area (Å²) in [5.41, 5.74) is 0. The Labute approximate surface area is 141 Å². The van der Waals surface area contributed by atoms with Crippen LogP contribution in [0.3, 0.4) is 0 Å². The normalized spacial score (nSPS) is 12.4. The van der Waals surface area contributed by atoms with Gasteiger partial charge in [0.1, 0.15) is 5.75 Å². The molecule has 1 aromatic carbocycles. The van der Waals surface area contributed by atoms with Gasteiger partial charge >= 0.3 is 11.9 Å². The zero-order valence-electron chi connectivity index (χ0n) is 13.5. The number of hydrogen-bond acceptors (Lipinski definition) is 6. The van der Waals surface area contributed by atoms with E-state index in [9.17, 15) is 18.0 Å². The molecule has 0 saturated heterocycles. The summed E-state index contributed by atoms with van der Waals surface area (Å²) < 4.78 is 41.6. The van der Waals surface area contributed by atoms with Crippen LogP contribution in [0, 0.1) is 0 Å². The van der Waals surface area contributed by atoms with Crippen molar-refractivity contribution in [2.24, 2.45) is 0 Å². The van der Waals surface area contributed by atoms with Crippen LogP contribution in [0.4, 0.5) is 0 Å². The lowest BCUT2D eigenvalue weighted by Crippen LogP contribution is -2.35. The van der Waals surface area contributed by atoms with Gasteiger partial charge in [0.25, 0.3) is 10.1 Å². The van der Waals surface area contributed by atoms with Gasteiger partial charge in [0.15, 0.2) is 5.25 Å². The Hall–Kier alpha value is -1.93. The maximum absolute atomic E-state index is 11.8. The molecular weight excluding hydrogens is 336 g/mol. The van der Waals surface area contributed by atoms with Crippen molar-refractivity contribution in [3.63, 3.8) is 0 Å². The summed E-state index contributed by atoms with van der Waals surface area (Å²) in [6.45, 7) is 2.07. The molecule has 0 saturated carbocycles. The van der Waals surface area contributed by atoms with Crippen molar-refractivity contribution in [3.8, 4) is 5.75 Å². The molecule has 0 aliphatic carbocycles. The maximum atomic E-state index is 11.8. The van der Waals surface area contributed by atoms with Gasteiger partial charge in [-0.25, -0.2) is 0 Å². The molecule has 0 spiro atoms. The number of hydrogen-bond donors (Lipinski definition) is 1. The molecule has 0 aliphatic heterocycles. The highest BCUT2D eigenvalue weighted by Crippen LogP contribution is 2.13. The van der Waals surface area contributed by atoms with Crippen LogP contribution >= 0.6 is 0 Å². The summed E-state index contributed by atoms with van der Waals surface area (Å²) >= 11 is 0. The van der Waals surface area contributed by atoms with Crippen molar-refractivity contribution in [1.82, 2.24) is 0 Å². The van der Waals surface area contributed by atoms with Gasteiger partial charge in [-0.05, 0) is 18.6 Å². The highest BCUT2D eigenvalue weighted by molar-refractivity contribution is 7.87. The van der Waals surface area contributed by atoms with E-state index in [2.05, 4.69) is 0 Å². The molecule has 0 radical (unpaired) electrons. The van der Waals surface area contributed by atoms with Crippen LogP contribution in [0.2, 0.25) is 0 Å². The van der Waals surface area contributed by atoms with E-state index in [4.69, 9.17) is 14.0 Å². The van der Waals surface area contributed by atoms with Crippen molar-refractivity contribution in [2.45, 2.75) is 44.3 Å². The predicted molar refractivity (Wildman–Crippen MR) is 87.1 cm³/mol. The van der Waals surface area contributed by atoms with Crippen molar-refractivity contribution in [1.29, 1.82) is 0 Å². The Morgan fingerprint density at radius 2 is 1.79 bits per heavy atom. The number of esters is 2. The Morgan fingerprint density at radius 1 is 1.12 bits per heavy atom. The standard InChI is InChI=1S/C16H22O7S/c1-2-3-4-8-11-22-16(18)14(24(19,20)21)12-15(17)23-13-9-6-5-7-10-13/h5-7,9-10,14H,2-4,8,11-12H2,1H3,(H,19,20,21). The summed E-state index contributed by atoms with van der Waals surface area (Å²) in [4.78, 5) is 23.6. The van der Waals surface area contributed by atoms with E-state index in [1.165, 1.54) is 12.1 Å². The Kier molecular flexibility index (Phi) is 8.42. The third-order valence-electron chi connectivity index (χ3n) is 3.19. The first-order chi connectivity index (χ1) is 11.3. The number of para-hydroxylation sites is 1. The number of rotatable bonds is 10. The van der Waals surface area contributed by atoms with Gasteiger partial charge in [-0.15, -0.1) is 0 Å². The molecule has 0 aliphatic rings. The first kappa shape index (κ1) is 20.1. The third-order valence-corrected chi connectivity index (χ3v) is 4.27. The van der Waals surface area contributed by atoms with Gasteiger partial charge in [0.05, 0.1) is 13.0 Å². The molecule has 0 bridgehead atoms. The Bertz CT molecular complexity index is 625. The van der Waals surface area contributed by atoms with Crippen LogP contribution in [-0.2, 0) is 24.4 Å². The van der Waals surface area contributed by atoms with Gasteiger partial charge in [0.2, 0.25) is 0 Å². The molecule has 1 rings (SSSR count). The van der Waals surface area contributed by atoms with Crippen LogP contribution < -0.4 is 4.74 Å². The second kappa shape index (κ2) is 10.0. The van der Waals surface area contributed by atoms with E-state index < -0.39 is 33.7 Å². The predicted octanol–water partition coefficient (Wildman–Crippen LogP) is 2.36. The van der Waals surface area contributed by atoms with Gasteiger partial charge in [0, 0.05) is 0 Å². The average molecular weight is 358 g/mol. The molecule has 0 amide bonds. The molecule has 1 atom stereocenters. The van der Waals surface area contributed by atoms with E-state index in [1.807, 2.05) is 6.92 Å². The van der Waals surface area contributed by atoms with E-state index in [1.54, 1.807) is 18.2 Å². The van der Waals surface area contributed by atoms with Crippen molar-refractivity contribution in [2.75, 3.05) is 6.61 Å².